The van der Waals surface area contributed by atoms with Gasteiger partial charge < -0.3 is 5.32 Å². The van der Waals surface area contributed by atoms with Crippen molar-refractivity contribution in [1.29, 1.82) is 5.26 Å². The van der Waals surface area contributed by atoms with Gasteiger partial charge in [0.15, 0.2) is 0 Å². The SMILES string of the molecule is N#Cc1ccnc(NCCCn2ccnn2)c1Cl. The minimum atomic E-state index is 0.362. The number of aromatic nitrogens is 4. The molecule has 0 radical (unpaired) electrons. The van der Waals surface area contributed by atoms with Gasteiger partial charge in [-0.1, -0.05) is 16.8 Å². The molecule has 0 spiro atoms. The van der Waals surface area contributed by atoms with Gasteiger partial charge in [0.1, 0.15) is 16.9 Å². The van der Waals surface area contributed by atoms with Crippen molar-refractivity contribution in [3.63, 3.8) is 0 Å². The third-order valence-corrected chi connectivity index (χ3v) is 2.72. The Morgan fingerprint density at radius 2 is 2.33 bits per heavy atom. The maximum Gasteiger partial charge on any atom is 0.146 e. The third-order valence-electron chi connectivity index (χ3n) is 2.34. The summed E-state index contributed by atoms with van der Waals surface area (Å²) in [5.41, 5.74) is 0.422. The molecule has 1 N–H and O–H groups in total. The van der Waals surface area contributed by atoms with E-state index in [1.165, 1.54) is 0 Å². The minimum absolute atomic E-state index is 0.362. The van der Waals surface area contributed by atoms with Crippen LogP contribution >= 0.6 is 11.6 Å². The molecular weight excluding hydrogens is 252 g/mol. The zero-order chi connectivity index (χ0) is 12.8. The highest BCUT2D eigenvalue weighted by Crippen LogP contribution is 2.22. The van der Waals surface area contributed by atoms with Gasteiger partial charge in [0, 0.05) is 25.5 Å². The van der Waals surface area contributed by atoms with Gasteiger partial charge in [0.05, 0.1) is 11.8 Å². The number of hydrogen-bond donors (Lipinski definition) is 1. The summed E-state index contributed by atoms with van der Waals surface area (Å²) in [4.78, 5) is 4.09. The number of nitrogens with one attached hydrogen (secondary N) is 1. The molecule has 92 valence electrons. The summed E-state index contributed by atoms with van der Waals surface area (Å²) < 4.78 is 1.75. The second-order valence-electron chi connectivity index (χ2n) is 3.58. The molecule has 0 aliphatic heterocycles. The Balaban J connectivity index is 1.85. The topological polar surface area (TPSA) is 79.4 Å². The maximum absolute atomic E-state index is 8.83. The van der Waals surface area contributed by atoms with Crippen molar-refractivity contribution in [1.82, 2.24) is 20.0 Å². The van der Waals surface area contributed by atoms with Gasteiger partial charge >= 0.3 is 0 Å². The molecule has 0 atom stereocenters. The highest BCUT2D eigenvalue weighted by Gasteiger charge is 2.06. The van der Waals surface area contributed by atoms with Crippen LogP contribution in [0.3, 0.4) is 0 Å². The molecule has 0 saturated carbocycles. The van der Waals surface area contributed by atoms with Crippen molar-refractivity contribution in [2.24, 2.45) is 0 Å². The zero-order valence-corrected chi connectivity index (χ0v) is 10.3. The Morgan fingerprint density at radius 3 is 3.06 bits per heavy atom. The van der Waals surface area contributed by atoms with E-state index in [1.807, 2.05) is 12.3 Å². The standard InChI is InChI=1S/C11H11ClN6/c12-10-9(8-13)2-4-15-11(10)14-3-1-6-18-7-5-16-17-18/h2,4-5,7H,1,3,6H2,(H,14,15). The molecule has 18 heavy (non-hydrogen) atoms. The Bertz CT molecular complexity index is 545. The molecule has 0 unspecified atom stereocenters. The highest BCUT2D eigenvalue weighted by molar-refractivity contribution is 6.34. The van der Waals surface area contributed by atoms with E-state index in [-0.39, 0.29) is 0 Å². The number of rotatable bonds is 5. The van der Waals surface area contributed by atoms with Gasteiger partial charge in [-0.2, -0.15) is 5.26 Å². The van der Waals surface area contributed by atoms with Crippen LogP contribution in [0.5, 0.6) is 0 Å². The first kappa shape index (κ1) is 12.3. The lowest BCUT2D eigenvalue weighted by Crippen LogP contribution is -2.08. The van der Waals surface area contributed by atoms with Crippen LogP contribution in [0.15, 0.2) is 24.7 Å². The predicted molar refractivity (Wildman–Crippen MR) is 67.1 cm³/mol. The highest BCUT2D eigenvalue weighted by atomic mass is 35.5. The summed E-state index contributed by atoms with van der Waals surface area (Å²) in [7, 11) is 0. The molecule has 2 heterocycles. The number of nitriles is 1. The van der Waals surface area contributed by atoms with Crippen molar-refractivity contribution < 1.29 is 0 Å². The second kappa shape index (κ2) is 5.98. The molecule has 2 aromatic heterocycles. The van der Waals surface area contributed by atoms with Gasteiger partial charge in [0.2, 0.25) is 0 Å². The Hall–Kier alpha value is -2.13. The van der Waals surface area contributed by atoms with Gasteiger partial charge in [0.25, 0.3) is 0 Å². The first-order valence-corrected chi connectivity index (χ1v) is 5.81. The first-order valence-electron chi connectivity index (χ1n) is 5.44. The number of anilines is 1. The fourth-order valence-electron chi connectivity index (χ4n) is 1.45. The van der Waals surface area contributed by atoms with E-state index in [9.17, 15) is 0 Å². The van der Waals surface area contributed by atoms with E-state index < -0.39 is 0 Å². The van der Waals surface area contributed by atoms with E-state index in [1.54, 1.807) is 23.1 Å². The monoisotopic (exact) mass is 262 g/mol. The molecule has 0 amide bonds. The summed E-state index contributed by atoms with van der Waals surface area (Å²) in [5.74, 6) is 0.536. The van der Waals surface area contributed by atoms with Crippen LogP contribution in [0.4, 0.5) is 5.82 Å². The van der Waals surface area contributed by atoms with E-state index >= 15 is 0 Å². The average Bonchev–Trinajstić information content (AvgIpc) is 2.89. The summed E-state index contributed by atoms with van der Waals surface area (Å²) in [6.07, 6.45) is 5.87. The van der Waals surface area contributed by atoms with Crippen LogP contribution in [0.1, 0.15) is 12.0 Å². The van der Waals surface area contributed by atoms with Crippen LogP contribution in [-0.2, 0) is 6.54 Å². The van der Waals surface area contributed by atoms with Crippen molar-refractivity contribution in [3.05, 3.63) is 35.2 Å². The lowest BCUT2D eigenvalue weighted by Gasteiger charge is -2.07. The summed E-state index contributed by atoms with van der Waals surface area (Å²) in [6.45, 7) is 1.46. The van der Waals surface area contributed by atoms with Gasteiger partial charge in [-0.3, -0.25) is 4.68 Å². The molecular formula is C11H11ClN6. The lowest BCUT2D eigenvalue weighted by atomic mass is 10.3. The van der Waals surface area contributed by atoms with E-state index in [2.05, 4.69) is 20.6 Å². The number of nitrogens with zero attached hydrogens (tertiary/aromatic N) is 5. The summed E-state index contributed by atoms with van der Waals surface area (Å²) in [5, 5.41) is 19.9. The molecule has 0 aliphatic rings. The predicted octanol–water partition coefficient (Wildman–Crippen LogP) is 1.70. The molecule has 7 heteroatoms. The molecule has 2 aromatic rings. The average molecular weight is 263 g/mol. The second-order valence-corrected chi connectivity index (χ2v) is 3.96. The van der Waals surface area contributed by atoms with Gasteiger partial charge in [-0.25, -0.2) is 4.98 Å². The van der Waals surface area contributed by atoms with Crippen molar-refractivity contribution in [2.45, 2.75) is 13.0 Å². The van der Waals surface area contributed by atoms with Crippen LogP contribution in [0, 0.1) is 11.3 Å². The molecule has 0 aliphatic carbocycles. The fourth-order valence-corrected chi connectivity index (χ4v) is 1.67. The number of halogens is 1. The molecule has 6 nitrogen and oxygen atoms in total. The molecule has 0 fully saturated rings. The number of hydrogen-bond acceptors (Lipinski definition) is 5. The van der Waals surface area contributed by atoms with Crippen molar-refractivity contribution in [3.8, 4) is 6.07 Å². The largest absolute Gasteiger partial charge is 0.369 e. The van der Waals surface area contributed by atoms with Crippen molar-refractivity contribution in [2.75, 3.05) is 11.9 Å². The van der Waals surface area contributed by atoms with Crippen LogP contribution in [-0.4, -0.2) is 26.5 Å². The van der Waals surface area contributed by atoms with Crippen LogP contribution in [0.2, 0.25) is 5.02 Å². The maximum atomic E-state index is 8.83. The summed E-state index contributed by atoms with van der Waals surface area (Å²) in [6, 6.07) is 3.60. The molecule has 0 bridgehead atoms. The molecule has 0 saturated heterocycles. The minimum Gasteiger partial charge on any atom is -0.369 e. The fraction of sp³-hybridized carbons (Fsp3) is 0.273. The quantitative estimate of drug-likeness (QED) is 0.830. The molecule has 0 aromatic carbocycles. The Kier molecular flexibility index (Phi) is 4.10. The van der Waals surface area contributed by atoms with Gasteiger partial charge in [-0.15, -0.1) is 5.10 Å². The van der Waals surface area contributed by atoms with Crippen molar-refractivity contribution >= 4 is 17.4 Å². The normalized spacial score (nSPS) is 10.0. The van der Waals surface area contributed by atoms with Crippen LogP contribution in [0.25, 0.3) is 0 Å². The first-order chi connectivity index (χ1) is 8.81. The Labute approximate surface area is 109 Å². The van der Waals surface area contributed by atoms with Gasteiger partial charge in [-0.05, 0) is 12.5 Å². The smallest absolute Gasteiger partial charge is 0.146 e. The lowest BCUT2D eigenvalue weighted by molar-refractivity contribution is 0.569. The van der Waals surface area contributed by atoms with E-state index in [0.29, 0.717) is 22.9 Å². The molecule has 2 rings (SSSR count). The number of pyridine rings is 1. The zero-order valence-electron chi connectivity index (χ0n) is 9.54. The van der Waals surface area contributed by atoms with E-state index in [0.717, 1.165) is 13.0 Å². The summed E-state index contributed by atoms with van der Waals surface area (Å²) >= 11 is 6.01. The Morgan fingerprint density at radius 1 is 1.44 bits per heavy atom. The van der Waals surface area contributed by atoms with E-state index in [4.69, 9.17) is 16.9 Å². The number of aryl methyl sites for hydroxylation is 1. The van der Waals surface area contributed by atoms with Crippen LogP contribution < -0.4 is 5.32 Å². The third kappa shape index (κ3) is 2.96.